The molecule has 110 valence electrons. The monoisotopic (exact) mass is 280 g/mol. The summed E-state index contributed by atoms with van der Waals surface area (Å²) in [5.41, 5.74) is 0.204. The van der Waals surface area contributed by atoms with Crippen LogP contribution >= 0.6 is 0 Å². The van der Waals surface area contributed by atoms with Crippen molar-refractivity contribution in [2.75, 3.05) is 5.32 Å². The van der Waals surface area contributed by atoms with Crippen LogP contribution in [0, 0.1) is 10.1 Å². The number of anilines is 1. The highest BCUT2D eigenvalue weighted by Gasteiger charge is 2.17. The smallest absolute Gasteiger partial charge is 0.335 e. The zero-order valence-corrected chi connectivity index (χ0v) is 11.8. The van der Waals surface area contributed by atoms with Gasteiger partial charge in [0.25, 0.3) is 5.69 Å². The Morgan fingerprint density at radius 2 is 2.15 bits per heavy atom. The summed E-state index contributed by atoms with van der Waals surface area (Å²) in [6.07, 6.45) is 4.16. The summed E-state index contributed by atoms with van der Waals surface area (Å²) in [6.45, 7) is 4.05. The summed E-state index contributed by atoms with van der Waals surface area (Å²) in [5, 5.41) is 23.0. The van der Waals surface area contributed by atoms with Crippen LogP contribution in [0.2, 0.25) is 0 Å². The van der Waals surface area contributed by atoms with Crippen molar-refractivity contribution >= 4 is 17.3 Å². The minimum atomic E-state index is -1.10. The quantitative estimate of drug-likeness (QED) is 0.430. The molecule has 0 bridgehead atoms. The van der Waals surface area contributed by atoms with Gasteiger partial charge in [0.15, 0.2) is 0 Å². The van der Waals surface area contributed by atoms with E-state index in [1.807, 2.05) is 6.92 Å². The maximum absolute atomic E-state index is 11.0. The zero-order valence-electron chi connectivity index (χ0n) is 11.8. The van der Waals surface area contributed by atoms with Crippen molar-refractivity contribution < 1.29 is 14.8 Å². The SMILES string of the molecule is CCCCCC(C)Nc1cc(C(=O)O)ccc1[N+](=O)[O-]. The molecule has 0 saturated carbocycles. The maximum Gasteiger partial charge on any atom is 0.335 e. The Morgan fingerprint density at radius 1 is 1.45 bits per heavy atom. The molecule has 0 aliphatic heterocycles. The lowest BCUT2D eigenvalue weighted by Gasteiger charge is -2.15. The molecule has 0 aliphatic rings. The van der Waals surface area contributed by atoms with Gasteiger partial charge in [0, 0.05) is 12.1 Å². The minimum Gasteiger partial charge on any atom is -0.478 e. The average molecular weight is 280 g/mol. The van der Waals surface area contributed by atoms with E-state index in [-0.39, 0.29) is 23.0 Å². The molecule has 0 fully saturated rings. The Morgan fingerprint density at radius 3 is 2.70 bits per heavy atom. The van der Waals surface area contributed by atoms with Crippen LogP contribution in [0.1, 0.15) is 49.9 Å². The summed E-state index contributed by atoms with van der Waals surface area (Å²) in [4.78, 5) is 21.4. The summed E-state index contributed by atoms with van der Waals surface area (Å²) in [6, 6.07) is 3.85. The van der Waals surface area contributed by atoms with Crippen LogP contribution in [0.3, 0.4) is 0 Å². The third-order valence-electron chi connectivity index (χ3n) is 3.08. The lowest BCUT2D eigenvalue weighted by atomic mass is 10.1. The number of rotatable bonds is 8. The number of carboxylic acid groups (broad SMARTS) is 1. The molecule has 1 rings (SSSR count). The third-order valence-corrected chi connectivity index (χ3v) is 3.08. The standard InChI is InChI=1S/C14H20N2O4/c1-3-4-5-6-10(2)15-12-9-11(14(17)18)7-8-13(12)16(19)20/h7-10,15H,3-6H2,1-2H3,(H,17,18). The van der Waals surface area contributed by atoms with Gasteiger partial charge < -0.3 is 10.4 Å². The Hall–Kier alpha value is -2.11. The molecule has 6 nitrogen and oxygen atoms in total. The Kier molecular flexibility index (Phi) is 5.96. The molecule has 1 aromatic rings. The molecular formula is C14H20N2O4. The molecule has 0 aliphatic carbocycles. The van der Waals surface area contributed by atoms with Gasteiger partial charge in [0.05, 0.1) is 10.5 Å². The lowest BCUT2D eigenvalue weighted by Crippen LogP contribution is -2.16. The fourth-order valence-corrected chi connectivity index (χ4v) is 1.98. The van der Waals surface area contributed by atoms with E-state index >= 15 is 0 Å². The van der Waals surface area contributed by atoms with Crippen molar-refractivity contribution in [1.29, 1.82) is 0 Å². The van der Waals surface area contributed by atoms with Crippen LogP contribution in [0.5, 0.6) is 0 Å². The summed E-state index contributed by atoms with van der Waals surface area (Å²) >= 11 is 0. The molecule has 0 radical (unpaired) electrons. The van der Waals surface area contributed by atoms with Crippen LogP contribution in [-0.2, 0) is 0 Å². The number of nitrogens with zero attached hydrogens (tertiary/aromatic N) is 1. The summed E-state index contributed by atoms with van der Waals surface area (Å²) < 4.78 is 0. The number of hydrogen-bond donors (Lipinski definition) is 2. The number of unbranched alkanes of at least 4 members (excludes halogenated alkanes) is 2. The molecule has 0 aromatic heterocycles. The van der Waals surface area contributed by atoms with Crippen molar-refractivity contribution in [3.05, 3.63) is 33.9 Å². The van der Waals surface area contributed by atoms with E-state index in [1.165, 1.54) is 18.2 Å². The van der Waals surface area contributed by atoms with E-state index in [9.17, 15) is 14.9 Å². The normalized spacial score (nSPS) is 11.9. The maximum atomic E-state index is 11.0. The topological polar surface area (TPSA) is 92.5 Å². The Labute approximate surface area is 118 Å². The molecule has 1 unspecified atom stereocenters. The van der Waals surface area contributed by atoms with Crippen molar-refractivity contribution in [2.45, 2.75) is 45.6 Å². The van der Waals surface area contributed by atoms with Crippen molar-refractivity contribution in [1.82, 2.24) is 0 Å². The van der Waals surface area contributed by atoms with Crippen LogP contribution in [0.15, 0.2) is 18.2 Å². The number of nitrogens with one attached hydrogen (secondary N) is 1. The first-order valence-electron chi connectivity index (χ1n) is 6.74. The number of carboxylic acids is 1. The second kappa shape index (κ2) is 7.47. The summed E-state index contributed by atoms with van der Waals surface area (Å²) in [5.74, 6) is -1.10. The van der Waals surface area contributed by atoms with Crippen molar-refractivity contribution in [2.24, 2.45) is 0 Å². The van der Waals surface area contributed by atoms with Crippen LogP contribution < -0.4 is 5.32 Å². The molecular weight excluding hydrogens is 260 g/mol. The van der Waals surface area contributed by atoms with Crippen molar-refractivity contribution in [3.8, 4) is 0 Å². The van der Waals surface area contributed by atoms with E-state index in [0.29, 0.717) is 0 Å². The molecule has 0 spiro atoms. The molecule has 2 N–H and O–H groups in total. The number of benzene rings is 1. The highest BCUT2D eigenvalue weighted by atomic mass is 16.6. The van der Waals surface area contributed by atoms with Gasteiger partial charge in [0.2, 0.25) is 0 Å². The predicted molar refractivity (Wildman–Crippen MR) is 77.3 cm³/mol. The highest BCUT2D eigenvalue weighted by Crippen LogP contribution is 2.26. The van der Waals surface area contributed by atoms with Gasteiger partial charge in [-0.1, -0.05) is 26.2 Å². The van der Waals surface area contributed by atoms with Gasteiger partial charge in [0.1, 0.15) is 5.69 Å². The molecule has 6 heteroatoms. The second-order valence-electron chi connectivity index (χ2n) is 4.84. The average Bonchev–Trinajstić information content (AvgIpc) is 2.38. The molecule has 0 heterocycles. The van der Waals surface area contributed by atoms with Crippen LogP contribution in [0.4, 0.5) is 11.4 Å². The second-order valence-corrected chi connectivity index (χ2v) is 4.84. The molecule has 1 atom stereocenters. The van der Waals surface area contributed by atoms with Gasteiger partial charge in [-0.2, -0.15) is 0 Å². The first-order valence-corrected chi connectivity index (χ1v) is 6.74. The highest BCUT2D eigenvalue weighted by molar-refractivity contribution is 5.90. The van der Waals surface area contributed by atoms with Crippen LogP contribution in [-0.4, -0.2) is 22.0 Å². The molecule has 1 aromatic carbocycles. The Balaban J connectivity index is 2.87. The molecule has 0 saturated heterocycles. The first kappa shape index (κ1) is 15.9. The zero-order chi connectivity index (χ0) is 15.1. The largest absolute Gasteiger partial charge is 0.478 e. The van der Waals surface area contributed by atoms with E-state index < -0.39 is 10.9 Å². The number of aromatic carboxylic acids is 1. The predicted octanol–water partition coefficient (Wildman–Crippen LogP) is 3.67. The van der Waals surface area contributed by atoms with Gasteiger partial charge in [-0.3, -0.25) is 10.1 Å². The van der Waals surface area contributed by atoms with E-state index in [2.05, 4.69) is 12.2 Å². The van der Waals surface area contributed by atoms with Crippen molar-refractivity contribution in [3.63, 3.8) is 0 Å². The first-order chi connectivity index (χ1) is 9.45. The number of nitro benzene ring substituents is 1. The minimum absolute atomic E-state index is 0.0406. The van der Waals surface area contributed by atoms with Gasteiger partial charge in [-0.15, -0.1) is 0 Å². The number of carbonyl (C=O) groups is 1. The van der Waals surface area contributed by atoms with E-state index in [0.717, 1.165) is 25.7 Å². The van der Waals surface area contributed by atoms with Gasteiger partial charge in [-0.05, 0) is 25.5 Å². The molecule has 0 amide bonds. The van der Waals surface area contributed by atoms with Gasteiger partial charge in [-0.25, -0.2) is 4.79 Å². The fourth-order valence-electron chi connectivity index (χ4n) is 1.98. The number of hydrogen-bond acceptors (Lipinski definition) is 4. The number of nitro groups is 1. The van der Waals surface area contributed by atoms with Crippen LogP contribution in [0.25, 0.3) is 0 Å². The summed E-state index contributed by atoms with van der Waals surface area (Å²) in [7, 11) is 0. The van der Waals surface area contributed by atoms with Gasteiger partial charge >= 0.3 is 5.97 Å². The third kappa shape index (κ3) is 4.53. The van der Waals surface area contributed by atoms with E-state index in [1.54, 1.807) is 0 Å². The fraction of sp³-hybridized carbons (Fsp3) is 0.500. The van der Waals surface area contributed by atoms with E-state index in [4.69, 9.17) is 5.11 Å². The Bertz CT molecular complexity index is 488. The lowest BCUT2D eigenvalue weighted by molar-refractivity contribution is -0.384. The molecule has 20 heavy (non-hydrogen) atoms.